The van der Waals surface area contributed by atoms with Crippen LogP contribution in [0.1, 0.15) is 48.2 Å². The van der Waals surface area contributed by atoms with Crippen molar-refractivity contribution in [2.45, 2.75) is 32.2 Å². The molecule has 0 aliphatic carbocycles. The van der Waals surface area contributed by atoms with Gasteiger partial charge in [-0.15, -0.1) is 0 Å². The first-order chi connectivity index (χ1) is 13.5. The molecular formula is C20H20F2N6. The molecule has 0 radical (unpaired) electrons. The molecule has 1 aliphatic heterocycles. The summed E-state index contributed by atoms with van der Waals surface area (Å²) in [5.41, 5.74) is 2.24. The van der Waals surface area contributed by atoms with Gasteiger partial charge in [-0.1, -0.05) is 19.1 Å². The van der Waals surface area contributed by atoms with Crippen LogP contribution < -0.4 is 0 Å². The molecule has 4 rings (SSSR count). The summed E-state index contributed by atoms with van der Waals surface area (Å²) in [6.07, 6.45) is -0.332. The summed E-state index contributed by atoms with van der Waals surface area (Å²) >= 11 is 0. The second kappa shape index (κ2) is 7.60. The number of halogens is 2. The molecule has 144 valence electrons. The number of nitriles is 1. The van der Waals surface area contributed by atoms with Gasteiger partial charge in [0.2, 0.25) is 0 Å². The number of likely N-dealkylation sites (tertiary alicyclic amines) is 1. The molecule has 2 aromatic heterocycles. The van der Waals surface area contributed by atoms with Gasteiger partial charge < -0.3 is 0 Å². The molecule has 0 N–H and O–H groups in total. The number of aromatic nitrogens is 4. The van der Waals surface area contributed by atoms with E-state index < -0.39 is 6.43 Å². The van der Waals surface area contributed by atoms with Crippen molar-refractivity contribution in [2.75, 3.05) is 13.1 Å². The molecule has 6 nitrogen and oxygen atoms in total. The summed E-state index contributed by atoms with van der Waals surface area (Å²) in [6.45, 7) is 4.57. The van der Waals surface area contributed by atoms with Crippen LogP contribution in [0.3, 0.4) is 0 Å². The number of hydrogen-bond acceptors (Lipinski definition) is 5. The zero-order chi connectivity index (χ0) is 19.7. The standard InChI is InChI=1S/C20H20F2N6/c1-13-6-7-27(10-15-4-2-14(9-23)3-5-15)11-16(13)18-8-17(19(21)22)26-20-24-12-25-28(18)20/h2-5,8,12-13,16,19H,6-7,10-11H2,1H3/t13-,16-/m1/s1. The Bertz CT molecular complexity index is 1010. The Morgan fingerprint density at radius 3 is 2.79 bits per heavy atom. The van der Waals surface area contributed by atoms with Crippen LogP contribution in [-0.2, 0) is 6.54 Å². The van der Waals surface area contributed by atoms with E-state index in [1.807, 2.05) is 24.3 Å². The number of benzene rings is 1. The molecule has 0 bridgehead atoms. The highest BCUT2D eigenvalue weighted by Crippen LogP contribution is 2.34. The molecular weight excluding hydrogens is 362 g/mol. The second-order valence-electron chi connectivity index (χ2n) is 7.29. The van der Waals surface area contributed by atoms with E-state index in [4.69, 9.17) is 5.26 Å². The zero-order valence-electron chi connectivity index (χ0n) is 15.5. The topological polar surface area (TPSA) is 70.1 Å². The van der Waals surface area contributed by atoms with Crippen molar-refractivity contribution in [2.24, 2.45) is 5.92 Å². The van der Waals surface area contributed by atoms with Crippen LogP contribution in [0.25, 0.3) is 5.78 Å². The Kier molecular flexibility index (Phi) is 5.01. The summed E-state index contributed by atoms with van der Waals surface area (Å²) in [7, 11) is 0. The minimum atomic E-state index is -2.64. The van der Waals surface area contributed by atoms with E-state index >= 15 is 0 Å². The van der Waals surface area contributed by atoms with E-state index in [9.17, 15) is 8.78 Å². The average molecular weight is 382 g/mol. The zero-order valence-corrected chi connectivity index (χ0v) is 15.5. The van der Waals surface area contributed by atoms with Crippen molar-refractivity contribution in [1.29, 1.82) is 5.26 Å². The maximum atomic E-state index is 13.3. The van der Waals surface area contributed by atoms with E-state index in [-0.39, 0.29) is 17.4 Å². The van der Waals surface area contributed by atoms with Gasteiger partial charge in [0.25, 0.3) is 12.2 Å². The summed E-state index contributed by atoms with van der Waals surface area (Å²) in [6, 6.07) is 11.1. The van der Waals surface area contributed by atoms with E-state index in [2.05, 4.69) is 33.0 Å². The average Bonchev–Trinajstić information content (AvgIpc) is 3.18. The maximum Gasteiger partial charge on any atom is 0.280 e. The Labute approximate surface area is 161 Å². The molecule has 1 aromatic carbocycles. The molecule has 3 aromatic rings. The van der Waals surface area contributed by atoms with Gasteiger partial charge in [-0.25, -0.2) is 18.3 Å². The summed E-state index contributed by atoms with van der Waals surface area (Å²) in [5, 5.41) is 13.1. The lowest BCUT2D eigenvalue weighted by Gasteiger charge is -2.37. The predicted molar refractivity (Wildman–Crippen MR) is 98.7 cm³/mol. The van der Waals surface area contributed by atoms with Crippen LogP contribution in [0.5, 0.6) is 0 Å². The second-order valence-corrected chi connectivity index (χ2v) is 7.29. The highest BCUT2D eigenvalue weighted by molar-refractivity contribution is 5.33. The quantitative estimate of drug-likeness (QED) is 0.690. The lowest BCUT2D eigenvalue weighted by molar-refractivity contribution is 0.143. The van der Waals surface area contributed by atoms with Crippen LogP contribution in [0.2, 0.25) is 0 Å². The SMILES string of the molecule is C[C@@H]1CCN(Cc2ccc(C#N)cc2)C[C@H]1c1cc(C(F)F)nc2ncnn12. The fourth-order valence-corrected chi connectivity index (χ4v) is 3.84. The van der Waals surface area contributed by atoms with E-state index in [1.54, 1.807) is 4.52 Å². The third-order valence-electron chi connectivity index (χ3n) is 5.43. The number of hydrogen-bond donors (Lipinski definition) is 0. The predicted octanol–water partition coefficient (Wildman–Crippen LogP) is 3.56. The lowest BCUT2D eigenvalue weighted by Crippen LogP contribution is -2.38. The van der Waals surface area contributed by atoms with Gasteiger partial charge in [0.1, 0.15) is 12.0 Å². The van der Waals surface area contributed by atoms with Gasteiger partial charge in [0.05, 0.1) is 17.3 Å². The number of piperidine rings is 1. The molecule has 28 heavy (non-hydrogen) atoms. The van der Waals surface area contributed by atoms with Gasteiger partial charge >= 0.3 is 0 Å². The first-order valence-electron chi connectivity index (χ1n) is 9.25. The largest absolute Gasteiger partial charge is 0.298 e. The smallest absolute Gasteiger partial charge is 0.280 e. The Morgan fingerprint density at radius 1 is 1.29 bits per heavy atom. The Morgan fingerprint density at radius 2 is 2.07 bits per heavy atom. The molecule has 2 atom stereocenters. The van der Waals surface area contributed by atoms with E-state index in [0.717, 1.165) is 37.3 Å². The summed E-state index contributed by atoms with van der Waals surface area (Å²) in [4.78, 5) is 10.2. The van der Waals surface area contributed by atoms with Crippen LogP contribution in [0.15, 0.2) is 36.7 Å². The number of nitrogens with zero attached hydrogens (tertiary/aromatic N) is 6. The van der Waals surface area contributed by atoms with Crippen LogP contribution in [0.4, 0.5) is 8.78 Å². The molecule has 0 spiro atoms. The summed E-state index contributed by atoms with van der Waals surface area (Å²) in [5.74, 6) is 0.596. The van der Waals surface area contributed by atoms with E-state index in [1.165, 1.54) is 12.4 Å². The van der Waals surface area contributed by atoms with Crippen LogP contribution in [-0.4, -0.2) is 37.6 Å². The molecule has 1 aliphatic rings. The molecule has 0 saturated carbocycles. The highest BCUT2D eigenvalue weighted by Gasteiger charge is 2.31. The van der Waals surface area contributed by atoms with Crippen molar-refractivity contribution < 1.29 is 8.78 Å². The molecule has 1 saturated heterocycles. The van der Waals surface area contributed by atoms with Gasteiger partial charge in [-0.2, -0.15) is 15.3 Å². The van der Waals surface area contributed by atoms with Crippen molar-refractivity contribution in [3.8, 4) is 6.07 Å². The summed E-state index contributed by atoms with van der Waals surface area (Å²) < 4.78 is 28.2. The van der Waals surface area contributed by atoms with Crippen molar-refractivity contribution in [3.05, 3.63) is 59.2 Å². The number of alkyl halides is 2. The van der Waals surface area contributed by atoms with Crippen LogP contribution in [0, 0.1) is 17.2 Å². The van der Waals surface area contributed by atoms with Gasteiger partial charge in [0.15, 0.2) is 0 Å². The lowest BCUT2D eigenvalue weighted by atomic mass is 9.84. The Hall–Kier alpha value is -2.92. The fourth-order valence-electron chi connectivity index (χ4n) is 3.84. The van der Waals surface area contributed by atoms with E-state index in [0.29, 0.717) is 11.5 Å². The van der Waals surface area contributed by atoms with Crippen molar-refractivity contribution in [1.82, 2.24) is 24.5 Å². The van der Waals surface area contributed by atoms with Crippen molar-refractivity contribution in [3.63, 3.8) is 0 Å². The van der Waals surface area contributed by atoms with Gasteiger partial charge in [0, 0.05) is 19.0 Å². The molecule has 0 amide bonds. The highest BCUT2D eigenvalue weighted by atomic mass is 19.3. The first-order valence-corrected chi connectivity index (χ1v) is 9.25. The van der Waals surface area contributed by atoms with Crippen molar-refractivity contribution >= 4 is 5.78 Å². The minimum absolute atomic E-state index is 0.0526. The normalized spacial score (nSPS) is 20.5. The maximum absolute atomic E-state index is 13.3. The minimum Gasteiger partial charge on any atom is -0.298 e. The monoisotopic (exact) mass is 382 g/mol. The Balaban J connectivity index is 1.61. The third-order valence-corrected chi connectivity index (χ3v) is 5.43. The number of rotatable bonds is 4. The molecule has 3 heterocycles. The molecule has 8 heteroatoms. The van der Waals surface area contributed by atoms with Gasteiger partial charge in [-0.05, 0) is 42.6 Å². The number of fused-ring (bicyclic) bond motifs is 1. The molecule has 1 fully saturated rings. The molecule has 0 unspecified atom stereocenters. The van der Waals surface area contributed by atoms with Crippen LogP contribution >= 0.6 is 0 Å². The first kappa shape index (κ1) is 18.4. The van der Waals surface area contributed by atoms with Gasteiger partial charge in [-0.3, -0.25) is 4.90 Å². The third kappa shape index (κ3) is 3.58. The fraction of sp³-hybridized carbons (Fsp3) is 0.400.